The molecule has 0 saturated heterocycles. The van der Waals surface area contributed by atoms with Crippen molar-refractivity contribution in [1.82, 2.24) is 5.32 Å². The number of non-ortho nitro benzene ring substituents is 1. The van der Waals surface area contributed by atoms with Crippen molar-refractivity contribution in [2.75, 3.05) is 7.11 Å². The number of hydrogen-bond donors (Lipinski definition) is 1. The quantitative estimate of drug-likeness (QED) is 0.618. The number of nitro groups is 1. The van der Waals surface area contributed by atoms with E-state index in [9.17, 15) is 14.9 Å². The number of carbonyl (C=O) groups excluding carboxylic acids is 1. The molecule has 0 aliphatic rings. The summed E-state index contributed by atoms with van der Waals surface area (Å²) >= 11 is 0. The Bertz CT molecular complexity index is 514. The molecule has 0 radical (unpaired) electrons. The minimum atomic E-state index is -0.529. The van der Waals surface area contributed by atoms with E-state index in [0.717, 1.165) is 12.8 Å². The van der Waals surface area contributed by atoms with Crippen LogP contribution >= 0.6 is 0 Å². The third-order valence-electron chi connectivity index (χ3n) is 3.19. The number of carbonyl (C=O) groups is 1. The van der Waals surface area contributed by atoms with Crippen molar-refractivity contribution in [2.24, 2.45) is 5.92 Å². The maximum atomic E-state index is 12.2. The van der Waals surface area contributed by atoms with E-state index in [0.29, 0.717) is 11.7 Å². The van der Waals surface area contributed by atoms with Gasteiger partial charge in [-0.3, -0.25) is 14.9 Å². The van der Waals surface area contributed by atoms with Crippen LogP contribution in [0.4, 0.5) is 5.69 Å². The van der Waals surface area contributed by atoms with Gasteiger partial charge < -0.3 is 10.1 Å². The molecule has 0 fully saturated rings. The van der Waals surface area contributed by atoms with Gasteiger partial charge in [-0.2, -0.15) is 0 Å². The number of hydrogen-bond acceptors (Lipinski definition) is 4. The van der Waals surface area contributed by atoms with Crippen LogP contribution in [0.1, 0.15) is 44.0 Å². The molecular formula is C15H22N2O4. The number of nitrogens with one attached hydrogen (secondary N) is 1. The molecule has 1 aromatic rings. The second-order valence-electron chi connectivity index (χ2n) is 5.49. The standard InChI is InChI=1S/C15H22N2O4/c1-10(2)5-6-11(3)16-15(18)13-9-12(17(19)20)7-8-14(13)21-4/h7-11H,5-6H2,1-4H3,(H,16,18)/t11-/m0/s1. The average molecular weight is 294 g/mol. The Kier molecular flexibility index (Phi) is 6.14. The second-order valence-corrected chi connectivity index (χ2v) is 5.49. The number of nitrogens with zero attached hydrogens (tertiary/aromatic N) is 1. The molecule has 1 atom stereocenters. The maximum Gasteiger partial charge on any atom is 0.270 e. The van der Waals surface area contributed by atoms with Gasteiger partial charge in [0.2, 0.25) is 0 Å². The summed E-state index contributed by atoms with van der Waals surface area (Å²) in [5.74, 6) is 0.540. The largest absolute Gasteiger partial charge is 0.496 e. The predicted octanol–water partition coefficient (Wildman–Crippen LogP) is 3.16. The summed E-state index contributed by atoms with van der Waals surface area (Å²) in [7, 11) is 1.43. The lowest BCUT2D eigenvalue weighted by Crippen LogP contribution is -2.33. The summed E-state index contributed by atoms with van der Waals surface area (Å²) in [6.07, 6.45) is 1.87. The second kappa shape index (κ2) is 7.61. The monoisotopic (exact) mass is 294 g/mol. The minimum absolute atomic E-state index is 0.00358. The van der Waals surface area contributed by atoms with Gasteiger partial charge >= 0.3 is 0 Å². The molecule has 0 bridgehead atoms. The van der Waals surface area contributed by atoms with Crippen molar-refractivity contribution >= 4 is 11.6 Å². The van der Waals surface area contributed by atoms with Gasteiger partial charge in [-0.15, -0.1) is 0 Å². The number of benzene rings is 1. The highest BCUT2D eigenvalue weighted by atomic mass is 16.6. The van der Waals surface area contributed by atoms with Gasteiger partial charge in [0, 0.05) is 18.2 Å². The van der Waals surface area contributed by atoms with Crippen LogP contribution in [0.5, 0.6) is 5.75 Å². The molecule has 21 heavy (non-hydrogen) atoms. The molecule has 1 amide bonds. The van der Waals surface area contributed by atoms with E-state index in [4.69, 9.17) is 4.74 Å². The number of ether oxygens (including phenoxy) is 1. The van der Waals surface area contributed by atoms with Crippen molar-refractivity contribution < 1.29 is 14.5 Å². The molecule has 116 valence electrons. The van der Waals surface area contributed by atoms with E-state index in [2.05, 4.69) is 19.2 Å². The van der Waals surface area contributed by atoms with Crippen LogP contribution in [0, 0.1) is 16.0 Å². The fourth-order valence-electron chi connectivity index (χ4n) is 1.94. The van der Waals surface area contributed by atoms with Crippen LogP contribution in [-0.2, 0) is 0 Å². The number of rotatable bonds is 7. The molecule has 0 saturated carbocycles. The van der Waals surface area contributed by atoms with Gasteiger partial charge in [0.05, 0.1) is 17.6 Å². The lowest BCUT2D eigenvalue weighted by atomic mass is 10.0. The Morgan fingerprint density at radius 3 is 2.52 bits per heavy atom. The van der Waals surface area contributed by atoms with E-state index in [-0.39, 0.29) is 23.2 Å². The van der Waals surface area contributed by atoms with Crippen LogP contribution in [0.25, 0.3) is 0 Å². The van der Waals surface area contributed by atoms with Crippen LogP contribution in [-0.4, -0.2) is 24.0 Å². The lowest BCUT2D eigenvalue weighted by molar-refractivity contribution is -0.384. The molecule has 6 heteroatoms. The van der Waals surface area contributed by atoms with Crippen LogP contribution in [0.2, 0.25) is 0 Å². The zero-order valence-corrected chi connectivity index (χ0v) is 12.9. The summed E-state index contributed by atoms with van der Waals surface area (Å²) in [6.45, 7) is 6.17. The van der Waals surface area contributed by atoms with Gasteiger partial charge in [0.15, 0.2) is 0 Å². The van der Waals surface area contributed by atoms with Crippen molar-refractivity contribution in [1.29, 1.82) is 0 Å². The number of methoxy groups -OCH3 is 1. The fourth-order valence-corrected chi connectivity index (χ4v) is 1.94. The van der Waals surface area contributed by atoms with Crippen LogP contribution in [0.3, 0.4) is 0 Å². The first-order valence-corrected chi connectivity index (χ1v) is 6.98. The molecule has 1 aromatic carbocycles. The first kappa shape index (κ1) is 16.9. The van der Waals surface area contributed by atoms with E-state index < -0.39 is 4.92 Å². The van der Waals surface area contributed by atoms with Crippen molar-refractivity contribution in [3.63, 3.8) is 0 Å². The van der Waals surface area contributed by atoms with Gasteiger partial charge in [-0.1, -0.05) is 13.8 Å². The Hall–Kier alpha value is -2.11. The van der Waals surface area contributed by atoms with Gasteiger partial charge in [0.1, 0.15) is 5.75 Å². The Morgan fingerprint density at radius 2 is 2.00 bits per heavy atom. The van der Waals surface area contributed by atoms with Crippen molar-refractivity contribution in [3.05, 3.63) is 33.9 Å². The lowest BCUT2D eigenvalue weighted by Gasteiger charge is -2.16. The third kappa shape index (κ3) is 5.06. The van der Waals surface area contributed by atoms with E-state index in [1.807, 2.05) is 6.92 Å². The van der Waals surface area contributed by atoms with Crippen LogP contribution < -0.4 is 10.1 Å². The van der Waals surface area contributed by atoms with E-state index >= 15 is 0 Å². The van der Waals surface area contributed by atoms with E-state index in [1.54, 1.807) is 0 Å². The first-order chi connectivity index (χ1) is 9.85. The Balaban J connectivity index is 2.85. The highest BCUT2D eigenvalue weighted by molar-refractivity contribution is 5.97. The van der Waals surface area contributed by atoms with Crippen molar-refractivity contribution in [3.8, 4) is 5.75 Å². The summed E-state index contributed by atoms with van der Waals surface area (Å²) in [4.78, 5) is 22.5. The van der Waals surface area contributed by atoms with Crippen LogP contribution in [0.15, 0.2) is 18.2 Å². The fraction of sp³-hybridized carbons (Fsp3) is 0.533. The summed E-state index contributed by atoms with van der Waals surface area (Å²) in [5.41, 5.74) is 0.0545. The third-order valence-corrected chi connectivity index (χ3v) is 3.19. The SMILES string of the molecule is COc1ccc([N+](=O)[O-])cc1C(=O)N[C@@H](C)CCC(C)C. The zero-order chi connectivity index (χ0) is 16.0. The highest BCUT2D eigenvalue weighted by Gasteiger charge is 2.18. The highest BCUT2D eigenvalue weighted by Crippen LogP contribution is 2.24. The molecule has 6 nitrogen and oxygen atoms in total. The predicted molar refractivity (Wildman–Crippen MR) is 80.6 cm³/mol. The van der Waals surface area contributed by atoms with E-state index in [1.165, 1.54) is 25.3 Å². The smallest absolute Gasteiger partial charge is 0.270 e. The number of amides is 1. The molecule has 0 spiro atoms. The molecule has 0 heterocycles. The molecule has 1 rings (SSSR count). The summed E-state index contributed by atoms with van der Waals surface area (Å²) in [5, 5.41) is 13.7. The molecule has 0 unspecified atom stereocenters. The number of nitro benzene ring substituents is 1. The normalized spacial score (nSPS) is 12.0. The molecule has 0 aliphatic heterocycles. The Morgan fingerprint density at radius 1 is 1.33 bits per heavy atom. The maximum absolute atomic E-state index is 12.2. The molecule has 1 N–H and O–H groups in total. The zero-order valence-electron chi connectivity index (χ0n) is 12.9. The molecular weight excluding hydrogens is 272 g/mol. The average Bonchev–Trinajstić information content (AvgIpc) is 2.44. The van der Waals surface area contributed by atoms with Gasteiger partial charge in [0.25, 0.3) is 11.6 Å². The summed E-state index contributed by atoms with van der Waals surface area (Å²) < 4.78 is 5.10. The molecule has 0 aromatic heterocycles. The minimum Gasteiger partial charge on any atom is -0.496 e. The topological polar surface area (TPSA) is 81.5 Å². The van der Waals surface area contributed by atoms with Crippen molar-refractivity contribution in [2.45, 2.75) is 39.7 Å². The Labute approximate surface area is 124 Å². The van der Waals surface area contributed by atoms with Gasteiger partial charge in [-0.05, 0) is 31.7 Å². The summed E-state index contributed by atoms with van der Waals surface area (Å²) in [6, 6.07) is 4.00. The molecule has 0 aliphatic carbocycles. The first-order valence-electron chi connectivity index (χ1n) is 6.98. The van der Waals surface area contributed by atoms with Gasteiger partial charge in [-0.25, -0.2) is 0 Å².